The quantitative estimate of drug-likeness (QED) is 0.294. The molecule has 0 saturated carbocycles. The van der Waals surface area contributed by atoms with Gasteiger partial charge in [0.25, 0.3) is 0 Å². The molecule has 5 rings (SSSR count). The Bertz CT molecular complexity index is 1240. The number of carboxylic acid groups (broad SMARTS) is 1. The molecule has 1 unspecified atom stereocenters. The first-order valence-electron chi connectivity index (χ1n) is 12.5. The summed E-state index contributed by atoms with van der Waals surface area (Å²) in [6, 6.07) is 15.6. The van der Waals surface area contributed by atoms with Gasteiger partial charge in [0.05, 0.1) is 18.3 Å². The van der Waals surface area contributed by atoms with E-state index < -0.39 is 17.6 Å². The van der Waals surface area contributed by atoms with Crippen molar-refractivity contribution in [1.82, 2.24) is 0 Å². The Morgan fingerprint density at radius 3 is 2.35 bits per heavy atom. The molecule has 3 aromatic carbocycles. The SMILES string of the molecule is O=C(O)CCc1ccc(COc2cc3c(cc2N(CC2CCO2)Sc2cc(F)cc(F)c2)CCC3)cc1. The number of hydrogen-bond donors (Lipinski definition) is 1. The average molecular weight is 526 g/mol. The van der Waals surface area contributed by atoms with Crippen LogP contribution in [0.2, 0.25) is 0 Å². The van der Waals surface area contributed by atoms with Crippen molar-refractivity contribution in [3.8, 4) is 5.75 Å². The van der Waals surface area contributed by atoms with Crippen molar-refractivity contribution < 1.29 is 28.2 Å². The molecule has 1 N–H and O–H groups in total. The minimum absolute atomic E-state index is 0.0466. The molecule has 194 valence electrons. The van der Waals surface area contributed by atoms with Crippen LogP contribution >= 0.6 is 11.9 Å². The molecule has 1 heterocycles. The second kappa shape index (κ2) is 11.5. The summed E-state index contributed by atoms with van der Waals surface area (Å²) in [6.07, 6.45) is 4.65. The van der Waals surface area contributed by atoms with Crippen molar-refractivity contribution >= 4 is 23.6 Å². The second-order valence-electron chi connectivity index (χ2n) is 9.48. The first-order valence-corrected chi connectivity index (χ1v) is 13.3. The molecule has 0 bridgehead atoms. The standard InChI is InChI=1S/C29H29F2NO4S/c30-23-14-24(31)16-26(15-23)37-32(17-25-10-11-35-25)27-12-21-2-1-3-22(21)13-28(27)36-18-20-6-4-19(5-7-20)8-9-29(33)34/h4-7,12-16,25H,1-3,8-11,17-18H2,(H,33,34). The van der Waals surface area contributed by atoms with Crippen molar-refractivity contribution in [3.63, 3.8) is 0 Å². The van der Waals surface area contributed by atoms with Crippen LogP contribution in [0.1, 0.15) is 41.5 Å². The Hall–Kier alpha value is -3.10. The molecule has 0 aromatic heterocycles. The molecule has 0 radical (unpaired) electrons. The van der Waals surface area contributed by atoms with Gasteiger partial charge in [-0.25, -0.2) is 8.78 Å². The molecule has 5 nitrogen and oxygen atoms in total. The van der Waals surface area contributed by atoms with Crippen molar-refractivity contribution in [2.24, 2.45) is 0 Å². The Morgan fingerprint density at radius 1 is 1.03 bits per heavy atom. The summed E-state index contributed by atoms with van der Waals surface area (Å²) in [5.74, 6) is -1.31. The number of nitrogens with zero attached hydrogens (tertiary/aromatic N) is 1. The van der Waals surface area contributed by atoms with Crippen molar-refractivity contribution in [1.29, 1.82) is 0 Å². The normalized spacial score (nSPS) is 16.2. The molecule has 3 aromatic rings. The maximum absolute atomic E-state index is 14.0. The monoisotopic (exact) mass is 525 g/mol. The number of fused-ring (bicyclic) bond motifs is 1. The molecule has 1 atom stereocenters. The highest BCUT2D eigenvalue weighted by Crippen LogP contribution is 2.41. The van der Waals surface area contributed by atoms with Gasteiger partial charge < -0.3 is 18.9 Å². The lowest BCUT2D eigenvalue weighted by Gasteiger charge is -2.34. The van der Waals surface area contributed by atoms with E-state index in [1.165, 1.54) is 35.2 Å². The number of anilines is 1. The molecule has 1 aliphatic carbocycles. The van der Waals surface area contributed by atoms with Crippen LogP contribution in [0.4, 0.5) is 14.5 Å². The lowest BCUT2D eigenvalue weighted by Crippen LogP contribution is -2.37. The van der Waals surface area contributed by atoms with Gasteiger partial charge in [-0.05, 0) is 90.6 Å². The molecule has 8 heteroatoms. The van der Waals surface area contributed by atoms with Crippen LogP contribution in [0, 0.1) is 11.6 Å². The van der Waals surface area contributed by atoms with Crippen LogP contribution < -0.4 is 9.04 Å². The summed E-state index contributed by atoms with van der Waals surface area (Å²) in [7, 11) is 0. The largest absolute Gasteiger partial charge is 0.487 e. The Kier molecular flexibility index (Phi) is 7.96. The highest BCUT2D eigenvalue weighted by molar-refractivity contribution is 8.00. The zero-order valence-corrected chi connectivity index (χ0v) is 21.2. The molecule has 37 heavy (non-hydrogen) atoms. The van der Waals surface area contributed by atoms with E-state index in [4.69, 9.17) is 14.6 Å². The lowest BCUT2D eigenvalue weighted by molar-refractivity contribution is -0.136. The van der Waals surface area contributed by atoms with Gasteiger partial charge in [0, 0.05) is 24.0 Å². The van der Waals surface area contributed by atoms with Crippen LogP contribution in [0.15, 0.2) is 59.5 Å². The van der Waals surface area contributed by atoms with Gasteiger partial charge in [-0.2, -0.15) is 0 Å². The summed E-state index contributed by atoms with van der Waals surface area (Å²) >= 11 is 1.28. The van der Waals surface area contributed by atoms with Gasteiger partial charge >= 0.3 is 5.97 Å². The first-order chi connectivity index (χ1) is 17.9. The van der Waals surface area contributed by atoms with Crippen molar-refractivity contribution in [2.75, 3.05) is 17.5 Å². The molecule has 1 aliphatic heterocycles. The first kappa shape index (κ1) is 25.5. The third-order valence-electron chi connectivity index (χ3n) is 6.70. The maximum Gasteiger partial charge on any atom is 0.303 e. The van der Waals surface area contributed by atoms with E-state index in [-0.39, 0.29) is 12.5 Å². The Labute approximate surface area is 219 Å². The van der Waals surface area contributed by atoms with Crippen LogP contribution in [-0.4, -0.2) is 30.3 Å². The summed E-state index contributed by atoms with van der Waals surface area (Å²) in [5.41, 5.74) is 5.35. The lowest BCUT2D eigenvalue weighted by atomic mass is 10.1. The Morgan fingerprint density at radius 2 is 1.70 bits per heavy atom. The van der Waals surface area contributed by atoms with Gasteiger partial charge in [-0.1, -0.05) is 24.3 Å². The predicted molar refractivity (Wildman–Crippen MR) is 139 cm³/mol. The second-order valence-corrected chi connectivity index (χ2v) is 10.6. The van der Waals surface area contributed by atoms with E-state index in [1.54, 1.807) is 0 Å². The van der Waals surface area contributed by atoms with Crippen molar-refractivity contribution in [3.05, 3.63) is 88.5 Å². The number of rotatable bonds is 11. The number of aryl methyl sites for hydroxylation is 3. The van der Waals surface area contributed by atoms with Gasteiger partial charge in [0.1, 0.15) is 24.0 Å². The van der Waals surface area contributed by atoms with E-state index in [0.717, 1.165) is 54.3 Å². The topological polar surface area (TPSA) is 59.0 Å². The van der Waals surface area contributed by atoms with Crippen LogP contribution in [0.25, 0.3) is 0 Å². The number of ether oxygens (including phenoxy) is 2. The fraction of sp³-hybridized carbons (Fsp3) is 0.345. The highest BCUT2D eigenvalue weighted by Gasteiger charge is 2.26. The molecular weight excluding hydrogens is 496 g/mol. The van der Waals surface area contributed by atoms with E-state index in [1.807, 2.05) is 28.6 Å². The van der Waals surface area contributed by atoms with Crippen LogP contribution in [0.3, 0.4) is 0 Å². The molecule has 0 spiro atoms. The zero-order valence-electron chi connectivity index (χ0n) is 20.4. The minimum atomic E-state index is -0.813. The fourth-order valence-electron chi connectivity index (χ4n) is 4.62. The fourth-order valence-corrected chi connectivity index (χ4v) is 5.69. The predicted octanol–water partition coefficient (Wildman–Crippen LogP) is 6.35. The summed E-state index contributed by atoms with van der Waals surface area (Å²) < 4.78 is 42.0. The summed E-state index contributed by atoms with van der Waals surface area (Å²) in [5, 5.41) is 8.90. The van der Waals surface area contributed by atoms with E-state index in [9.17, 15) is 13.6 Å². The summed E-state index contributed by atoms with van der Waals surface area (Å²) in [6.45, 7) is 1.63. The maximum atomic E-state index is 14.0. The summed E-state index contributed by atoms with van der Waals surface area (Å²) in [4.78, 5) is 11.3. The van der Waals surface area contributed by atoms with Gasteiger partial charge in [0.2, 0.25) is 0 Å². The smallest absolute Gasteiger partial charge is 0.303 e. The van der Waals surface area contributed by atoms with E-state index >= 15 is 0 Å². The van der Waals surface area contributed by atoms with Crippen molar-refractivity contribution in [2.45, 2.75) is 56.1 Å². The van der Waals surface area contributed by atoms with E-state index in [2.05, 4.69) is 12.1 Å². The number of carboxylic acids is 1. The van der Waals surface area contributed by atoms with Gasteiger partial charge in [-0.15, -0.1) is 0 Å². The third-order valence-corrected chi connectivity index (χ3v) is 7.71. The molecule has 1 fully saturated rings. The molecule has 0 amide bonds. The highest BCUT2D eigenvalue weighted by atomic mass is 32.2. The number of benzene rings is 3. The number of carbonyl (C=O) groups is 1. The van der Waals surface area contributed by atoms with Crippen LogP contribution in [-0.2, 0) is 35.4 Å². The van der Waals surface area contributed by atoms with E-state index in [0.29, 0.717) is 31.1 Å². The minimum Gasteiger partial charge on any atom is -0.487 e. The number of hydrogen-bond acceptors (Lipinski definition) is 5. The number of halogens is 2. The number of aliphatic carboxylic acids is 1. The zero-order chi connectivity index (χ0) is 25.8. The molecular formula is C29H29F2NO4S. The average Bonchev–Trinajstić information content (AvgIpc) is 3.30. The van der Waals surface area contributed by atoms with Crippen LogP contribution in [0.5, 0.6) is 5.75 Å². The van der Waals surface area contributed by atoms with Gasteiger partial charge in [-0.3, -0.25) is 4.79 Å². The third kappa shape index (κ3) is 6.62. The Balaban J connectivity index is 1.39. The van der Waals surface area contributed by atoms with Gasteiger partial charge in [0.15, 0.2) is 0 Å². The molecule has 2 aliphatic rings. The molecule has 1 saturated heterocycles.